The van der Waals surface area contributed by atoms with Crippen molar-refractivity contribution >= 4 is 21.4 Å². The Morgan fingerprint density at radius 2 is 2.10 bits per heavy atom. The Bertz CT molecular complexity index is 559. The van der Waals surface area contributed by atoms with E-state index < -0.39 is 9.84 Å². The van der Waals surface area contributed by atoms with Crippen LogP contribution in [0.25, 0.3) is 0 Å². The lowest BCUT2D eigenvalue weighted by Gasteiger charge is -2.34. The number of sulfone groups is 1. The molecule has 3 unspecified atom stereocenters. The fourth-order valence-corrected chi connectivity index (χ4v) is 4.64. The smallest absolute Gasteiger partial charge is 0.150 e. The van der Waals surface area contributed by atoms with Gasteiger partial charge in [0.1, 0.15) is 9.84 Å². The van der Waals surface area contributed by atoms with E-state index in [-0.39, 0.29) is 11.3 Å². The summed E-state index contributed by atoms with van der Waals surface area (Å²) in [6, 6.07) is 7.99. The van der Waals surface area contributed by atoms with Crippen LogP contribution in [-0.2, 0) is 9.84 Å². The van der Waals surface area contributed by atoms with Crippen molar-refractivity contribution in [1.29, 1.82) is 0 Å². The van der Waals surface area contributed by atoms with E-state index in [1.54, 1.807) is 0 Å². The third kappa shape index (κ3) is 3.74. The van der Waals surface area contributed by atoms with E-state index in [2.05, 4.69) is 11.4 Å². The molecule has 1 N–H and O–H groups in total. The van der Waals surface area contributed by atoms with E-state index >= 15 is 0 Å². The Balaban J connectivity index is 2.19. The molecule has 1 fully saturated rings. The van der Waals surface area contributed by atoms with Crippen LogP contribution in [0.3, 0.4) is 0 Å². The van der Waals surface area contributed by atoms with Crippen LogP contribution >= 0.6 is 11.6 Å². The molecule has 0 radical (unpaired) electrons. The van der Waals surface area contributed by atoms with Crippen molar-refractivity contribution in [3.63, 3.8) is 0 Å². The SMILES string of the molecule is CNC(c1cccc(Cl)c1)C1CCCC(S(C)(=O)=O)C1. The van der Waals surface area contributed by atoms with Gasteiger partial charge in [-0.15, -0.1) is 0 Å². The first-order valence-electron chi connectivity index (χ1n) is 7.03. The lowest BCUT2D eigenvalue weighted by Crippen LogP contribution is -2.34. The summed E-state index contributed by atoms with van der Waals surface area (Å²) in [6.45, 7) is 0. The molecule has 0 spiro atoms. The fourth-order valence-electron chi connectivity index (χ4n) is 3.25. The number of rotatable bonds is 4. The molecule has 1 aliphatic rings. The summed E-state index contributed by atoms with van der Waals surface area (Å²) in [5, 5.41) is 3.86. The van der Waals surface area contributed by atoms with E-state index in [4.69, 9.17) is 11.6 Å². The topological polar surface area (TPSA) is 46.2 Å². The van der Waals surface area contributed by atoms with Crippen LogP contribution in [-0.4, -0.2) is 27.0 Å². The molecule has 112 valence electrons. The second kappa shape index (κ2) is 6.46. The van der Waals surface area contributed by atoms with Crippen LogP contribution in [0.5, 0.6) is 0 Å². The number of nitrogens with one attached hydrogen (secondary N) is 1. The summed E-state index contributed by atoms with van der Waals surface area (Å²) in [5.41, 5.74) is 1.14. The van der Waals surface area contributed by atoms with Gasteiger partial charge in [-0.2, -0.15) is 0 Å². The van der Waals surface area contributed by atoms with Crippen LogP contribution in [0.2, 0.25) is 5.02 Å². The number of halogens is 1. The van der Waals surface area contributed by atoms with E-state index in [0.29, 0.717) is 5.92 Å². The van der Waals surface area contributed by atoms with Crippen molar-refractivity contribution in [2.24, 2.45) is 5.92 Å². The van der Waals surface area contributed by atoms with Gasteiger partial charge < -0.3 is 5.32 Å². The van der Waals surface area contributed by atoms with Gasteiger partial charge in [-0.1, -0.05) is 30.2 Å². The largest absolute Gasteiger partial charge is 0.313 e. The summed E-state index contributed by atoms with van der Waals surface area (Å²) in [6.07, 6.45) is 4.91. The van der Waals surface area contributed by atoms with Crippen LogP contribution in [0.15, 0.2) is 24.3 Å². The van der Waals surface area contributed by atoms with Crippen LogP contribution in [0.1, 0.15) is 37.3 Å². The van der Waals surface area contributed by atoms with Crippen molar-refractivity contribution in [3.05, 3.63) is 34.9 Å². The Morgan fingerprint density at radius 1 is 1.35 bits per heavy atom. The van der Waals surface area contributed by atoms with Crippen molar-refractivity contribution in [1.82, 2.24) is 5.32 Å². The molecule has 3 nitrogen and oxygen atoms in total. The van der Waals surface area contributed by atoms with Gasteiger partial charge in [-0.3, -0.25) is 0 Å². The zero-order valence-corrected chi connectivity index (χ0v) is 13.5. The first-order valence-corrected chi connectivity index (χ1v) is 9.36. The molecule has 0 aliphatic heterocycles. The van der Waals surface area contributed by atoms with Crippen molar-refractivity contribution in [3.8, 4) is 0 Å². The monoisotopic (exact) mass is 315 g/mol. The molecule has 20 heavy (non-hydrogen) atoms. The van der Waals surface area contributed by atoms with E-state index in [9.17, 15) is 8.42 Å². The normalized spacial score (nSPS) is 25.4. The fraction of sp³-hybridized carbons (Fsp3) is 0.600. The van der Waals surface area contributed by atoms with Gasteiger partial charge in [0.05, 0.1) is 5.25 Å². The molecule has 1 aromatic carbocycles. The van der Waals surface area contributed by atoms with Crippen molar-refractivity contribution < 1.29 is 8.42 Å². The standard InChI is InChI=1S/C15H22ClNO2S/c1-17-15(11-5-3-7-13(16)9-11)12-6-4-8-14(10-12)20(2,18)19/h3,5,7,9,12,14-15,17H,4,6,8,10H2,1-2H3. The molecule has 1 saturated carbocycles. The molecule has 5 heteroatoms. The average molecular weight is 316 g/mol. The third-order valence-corrected chi connectivity index (χ3v) is 6.14. The second-order valence-corrected chi connectivity index (χ2v) is 8.46. The maximum absolute atomic E-state index is 11.8. The van der Waals surface area contributed by atoms with E-state index in [1.807, 2.05) is 25.2 Å². The predicted molar refractivity (Wildman–Crippen MR) is 83.8 cm³/mol. The first kappa shape index (κ1) is 15.8. The second-order valence-electron chi connectivity index (χ2n) is 5.70. The molecule has 0 aromatic heterocycles. The van der Waals surface area contributed by atoms with Crippen molar-refractivity contribution in [2.75, 3.05) is 13.3 Å². The van der Waals surface area contributed by atoms with Gasteiger partial charge >= 0.3 is 0 Å². The molecule has 3 atom stereocenters. The first-order chi connectivity index (χ1) is 9.41. The Kier molecular flexibility index (Phi) is 5.10. The van der Waals surface area contributed by atoms with E-state index in [1.165, 1.54) is 6.26 Å². The van der Waals surface area contributed by atoms with Gasteiger partial charge in [-0.25, -0.2) is 8.42 Å². The third-order valence-electron chi connectivity index (χ3n) is 4.26. The molecule has 0 amide bonds. The number of hydrogen-bond donors (Lipinski definition) is 1. The Morgan fingerprint density at radius 3 is 2.70 bits per heavy atom. The van der Waals surface area contributed by atoms with Gasteiger partial charge in [0.25, 0.3) is 0 Å². The lowest BCUT2D eigenvalue weighted by atomic mass is 9.81. The molecule has 1 aromatic rings. The predicted octanol–water partition coefficient (Wildman–Crippen LogP) is 3.20. The molecular formula is C15H22ClNO2S. The molecule has 0 saturated heterocycles. The lowest BCUT2D eigenvalue weighted by molar-refractivity contribution is 0.282. The van der Waals surface area contributed by atoms with Crippen LogP contribution < -0.4 is 5.32 Å². The van der Waals surface area contributed by atoms with Gasteiger partial charge in [-0.05, 0) is 49.9 Å². The van der Waals surface area contributed by atoms with Crippen molar-refractivity contribution in [2.45, 2.75) is 37.0 Å². The molecule has 0 bridgehead atoms. The minimum atomic E-state index is -2.94. The highest BCUT2D eigenvalue weighted by molar-refractivity contribution is 7.91. The molecule has 0 heterocycles. The van der Waals surface area contributed by atoms with Gasteiger partial charge in [0, 0.05) is 17.3 Å². The summed E-state index contributed by atoms with van der Waals surface area (Å²) in [4.78, 5) is 0. The maximum atomic E-state index is 11.8. The highest BCUT2D eigenvalue weighted by Gasteiger charge is 2.33. The van der Waals surface area contributed by atoms with E-state index in [0.717, 1.165) is 36.3 Å². The van der Waals surface area contributed by atoms with Gasteiger partial charge in [0.15, 0.2) is 0 Å². The summed E-state index contributed by atoms with van der Waals surface area (Å²) in [5.74, 6) is 0.340. The van der Waals surface area contributed by atoms with Crippen LogP contribution in [0, 0.1) is 5.92 Å². The average Bonchev–Trinajstić information content (AvgIpc) is 2.39. The quantitative estimate of drug-likeness (QED) is 0.928. The maximum Gasteiger partial charge on any atom is 0.150 e. The molecule has 2 rings (SSSR count). The highest BCUT2D eigenvalue weighted by Crippen LogP contribution is 2.37. The van der Waals surface area contributed by atoms with Crippen LogP contribution in [0.4, 0.5) is 0 Å². The minimum Gasteiger partial charge on any atom is -0.313 e. The number of hydrogen-bond acceptors (Lipinski definition) is 3. The minimum absolute atomic E-state index is 0.165. The zero-order valence-electron chi connectivity index (χ0n) is 12.0. The summed E-state index contributed by atoms with van der Waals surface area (Å²) in [7, 11) is -1.02. The number of benzene rings is 1. The summed E-state index contributed by atoms with van der Waals surface area (Å²) >= 11 is 6.06. The highest BCUT2D eigenvalue weighted by atomic mass is 35.5. The molecular weight excluding hydrogens is 294 g/mol. The molecule has 1 aliphatic carbocycles. The summed E-state index contributed by atoms with van der Waals surface area (Å²) < 4.78 is 23.6. The Labute approximate surface area is 126 Å². The zero-order chi connectivity index (χ0) is 14.8. The van der Waals surface area contributed by atoms with Gasteiger partial charge in [0.2, 0.25) is 0 Å². The Hall–Kier alpha value is -0.580.